The maximum atomic E-state index is 6.11. The molecule has 0 aromatic heterocycles. The molecule has 1 unspecified atom stereocenters. The first-order valence-electron chi connectivity index (χ1n) is 8.77. The molecule has 0 heterocycles. The maximum absolute atomic E-state index is 6.11. The highest BCUT2D eigenvalue weighted by Crippen LogP contribution is 2.06. The number of ether oxygens (including phenoxy) is 1. The number of benzene rings is 2. The molecule has 25 heavy (non-hydrogen) atoms. The predicted molar refractivity (Wildman–Crippen MR) is 105 cm³/mol. The molecular formula is C21H29N3O. The standard InChI is InChI=1S/C21H29N3O/c1-17(2)24-20(16-25-15-18-9-5-3-6-10-18)13-23-14-21(22)19-11-7-4-8-12-19/h3-12,14,17,20,23-24H,13,15-16,22H2,1-2H3/b21-14-. The Balaban J connectivity index is 1.80. The van der Waals surface area contributed by atoms with Gasteiger partial charge in [0, 0.05) is 24.8 Å². The summed E-state index contributed by atoms with van der Waals surface area (Å²) in [5.74, 6) is 0. The molecule has 4 heteroatoms. The zero-order valence-electron chi connectivity index (χ0n) is 15.1. The molecular weight excluding hydrogens is 310 g/mol. The SMILES string of the molecule is CC(C)NC(CN/C=C(\N)c1ccccc1)COCc1ccccc1. The van der Waals surface area contributed by atoms with Gasteiger partial charge in [-0.15, -0.1) is 0 Å². The summed E-state index contributed by atoms with van der Waals surface area (Å²) >= 11 is 0. The van der Waals surface area contributed by atoms with E-state index in [1.807, 2.05) is 54.7 Å². The van der Waals surface area contributed by atoms with Crippen molar-refractivity contribution in [2.45, 2.75) is 32.5 Å². The minimum absolute atomic E-state index is 0.212. The van der Waals surface area contributed by atoms with E-state index in [2.05, 4.69) is 36.6 Å². The molecule has 0 spiro atoms. The lowest BCUT2D eigenvalue weighted by Crippen LogP contribution is -2.44. The molecule has 0 fully saturated rings. The fourth-order valence-corrected chi connectivity index (χ4v) is 2.56. The van der Waals surface area contributed by atoms with Gasteiger partial charge in [-0.25, -0.2) is 0 Å². The van der Waals surface area contributed by atoms with Crippen LogP contribution in [0.1, 0.15) is 25.0 Å². The Hall–Kier alpha value is -2.30. The van der Waals surface area contributed by atoms with Gasteiger partial charge in [0.2, 0.25) is 0 Å². The number of hydrogen-bond donors (Lipinski definition) is 3. The molecule has 4 nitrogen and oxygen atoms in total. The van der Waals surface area contributed by atoms with E-state index >= 15 is 0 Å². The Morgan fingerprint density at radius 3 is 2.32 bits per heavy atom. The van der Waals surface area contributed by atoms with Crippen molar-refractivity contribution in [1.29, 1.82) is 0 Å². The van der Waals surface area contributed by atoms with Crippen molar-refractivity contribution >= 4 is 5.70 Å². The smallest absolute Gasteiger partial charge is 0.0717 e. The van der Waals surface area contributed by atoms with E-state index < -0.39 is 0 Å². The molecule has 1 atom stereocenters. The fraction of sp³-hybridized carbons (Fsp3) is 0.333. The molecule has 0 bridgehead atoms. The van der Waals surface area contributed by atoms with E-state index in [4.69, 9.17) is 10.5 Å². The fourth-order valence-electron chi connectivity index (χ4n) is 2.56. The van der Waals surface area contributed by atoms with E-state index in [1.165, 1.54) is 5.56 Å². The average molecular weight is 339 g/mol. The zero-order chi connectivity index (χ0) is 17.9. The Bertz CT molecular complexity index is 626. The van der Waals surface area contributed by atoms with Gasteiger partial charge in [0.05, 0.1) is 18.9 Å². The van der Waals surface area contributed by atoms with Crippen LogP contribution in [0.2, 0.25) is 0 Å². The van der Waals surface area contributed by atoms with Crippen LogP contribution in [0.25, 0.3) is 5.70 Å². The van der Waals surface area contributed by atoms with Crippen molar-refractivity contribution in [2.24, 2.45) is 5.73 Å². The van der Waals surface area contributed by atoms with Gasteiger partial charge in [-0.2, -0.15) is 0 Å². The second-order valence-electron chi connectivity index (χ2n) is 6.39. The zero-order valence-corrected chi connectivity index (χ0v) is 15.1. The molecule has 0 aliphatic carbocycles. The highest BCUT2D eigenvalue weighted by molar-refractivity contribution is 5.61. The van der Waals surface area contributed by atoms with Gasteiger partial charge in [0.1, 0.15) is 0 Å². The third kappa shape index (κ3) is 7.42. The number of nitrogens with two attached hydrogens (primary N) is 1. The monoisotopic (exact) mass is 339 g/mol. The Morgan fingerprint density at radius 1 is 1.04 bits per heavy atom. The summed E-state index contributed by atoms with van der Waals surface area (Å²) in [7, 11) is 0. The van der Waals surface area contributed by atoms with E-state index in [1.54, 1.807) is 0 Å². The van der Waals surface area contributed by atoms with Crippen LogP contribution < -0.4 is 16.4 Å². The first-order chi connectivity index (χ1) is 12.1. The summed E-state index contributed by atoms with van der Waals surface area (Å²) in [5, 5.41) is 6.83. The second kappa shape index (κ2) is 10.5. The number of hydrogen-bond acceptors (Lipinski definition) is 4. The van der Waals surface area contributed by atoms with Gasteiger partial charge < -0.3 is 21.1 Å². The van der Waals surface area contributed by atoms with Crippen LogP contribution in [0, 0.1) is 0 Å². The van der Waals surface area contributed by atoms with E-state index in [9.17, 15) is 0 Å². The van der Waals surface area contributed by atoms with Gasteiger partial charge in [-0.1, -0.05) is 74.5 Å². The van der Waals surface area contributed by atoms with Crippen molar-refractivity contribution in [1.82, 2.24) is 10.6 Å². The summed E-state index contributed by atoms with van der Waals surface area (Å²) in [6.45, 7) is 6.29. The molecule has 0 aliphatic heterocycles. The predicted octanol–water partition coefficient (Wildman–Crippen LogP) is 3.12. The third-order valence-electron chi connectivity index (χ3n) is 3.73. The van der Waals surface area contributed by atoms with Gasteiger partial charge in [-0.05, 0) is 11.1 Å². The van der Waals surface area contributed by atoms with Gasteiger partial charge in [0.15, 0.2) is 0 Å². The van der Waals surface area contributed by atoms with Crippen molar-refractivity contribution in [2.75, 3.05) is 13.2 Å². The first kappa shape index (κ1) is 19.0. The molecule has 2 rings (SSSR count). The average Bonchev–Trinajstić information content (AvgIpc) is 2.62. The minimum atomic E-state index is 0.212. The molecule has 134 valence electrons. The van der Waals surface area contributed by atoms with E-state index in [0.29, 0.717) is 19.3 Å². The maximum Gasteiger partial charge on any atom is 0.0717 e. The van der Waals surface area contributed by atoms with Gasteiger partial charge in [0.25, 0.3) is 0 Å². The molecule has 0 saturated carbocycles. The van der Waals surface area contributed by atoms with Crippen molar-refractivity contribution < 1.29 is 4.74 Å². The molecule has 0 aliphatic rings. The second-order valence-corrected chi connectivity index (χ2v) is 6.39. The van der Waals surface area contributed by atoms with Crippen LogP contribution >= 0.6 is 0 Å². The molecule has 0 saturated heterocycles. The Labute approximate surface area is 151 Å². The normalized spacial score (nSPS) is 13.0. The highest BCUT2D eigenvalue weighted by Gasteiger charge is 2.09. The van der Waals surface area contributed by atoms with Gasteiger partial charge >= 0.3 is 0 Å². The van der Waals surface area contributed by atoms with Crippen LogP contribution in [0.5, 0.6) is 0 Å². The van der Waals surface area contributed by atoms with Crippen molar-refractivity contribution in [3.8, 4) is 0 Å². The Morgan fingerprint density at radius 2 is 1.68 bits per heavy atom. The number of rotatable bonds is 10. The summed E-state index contributed by atoms with van der Waals surface area (Å²) in [6.07, 6.45) is 1.86. The van der Waals surface area contributed by atoms with Crippen molar-refractivity contribution in [3.05, 3.63) is 78.0 Å². The first-order valence-corrected chi connectivity index (χ1v) is 8.77. The topological polar surface area (TPSA) is 59.3 Å². The minimum Gasteiger partial charge on any atom is -0.397 e. The largest absolute Gasteiger partial charge is 0.397 e. The summed E-state index contributed by atoms with van der Waals surface area (Å²) in [4.78, 5) is 0. The molecule has 2 aromatic rings. The van der Waals surface area contributed by atoms with Crippen LogP contribution in [0.15, 0.2) is 66.9 Å². The van der Waals surface area contributed by atoms with Crippen LogP contribution in [0.3, 0.4) is 0 Å². The quantitative estimate of drug-likeness (QED) is 0.622. The van der Waals surface area contributed by atoms with Crippen molar-refractivity contribution in [3.63, 3.8) is 0 Å². The number of nitrogens with one attached hydrogen (secondary N) is 2. The summed E-state index contributed by atoms with van der Waals surface area (Å²) < 4.78 is 5.87. The van der Waals surface area contributed by atoms with Crippen LogP contribution in [0.4, 0.5) is 0 Å². The molecule has 0 amide bonds. The Kier molecular flexibility index (Phi) is 8.02. The lowest BCUT2D eigenvalue weighted by Gasteiger charge is -2.21. The van der Waals surface area contributed by atoms with Gasteiger partial charge in [-0.3, -0.25) is 0 Å². The van der Waals surface area contributed by atoms with E-state index in [-0.39, 0.29) is 6.04 Å². The lowest BCUT2D eigenvalue weighted by atomic mass is 10.2. The molecule has 2 aromatic carbocycles. The molecule has 0 radical (unpaired) electrons. The van der Waals surface area contributed by atoms with Crippen LogP contribution in [-0.4, -0.2) is 25.2 Å². The summed E-state index contributed by atoms with van der Waals surface area (Å²) in [6, 6.07) is 20.8. The highest BCUT2D eigenvalue weighted by atomic mass is 16.5. The lowest BCUT2D eigenvalue weighted by molar-refractivity contribution is 0.0967. The summed E-state index contributed by atoms with van der Waals surface area (Å²) in [5.41, 5.74) is 9.04. The van der Waals surface area contributed by atoms with Crippen LogP contribution in [-0.2, 0) is 11.3 Å². The molecule has 4 N–H and O–H groups in total. The third-order valence-corrected chi connectivity index (χ3v) is 3.73. The van der Waals surface area contributed by atoms with E-state index in [0.717, 1.165) is 17.8 Å².